The summed E-state index contributed by atoms with van der Waals surface area (Å²) >= 11 is 5.49. The molecule has 134 valence electrons. The van der Waals surface area contributed by atoms with Crippen molar-refractivity contribution in [1.82, 2.24) is 4.90 Å². The fraction of sp³-hybridized carbons (Fsp3) is 0.0588. The Morgan fingerprint density at radius 1 is 1.23 bits per heavy atom. The minimum atomic E-state index is -3.85. The van der Waals surface area contributed by atoms with Crippen LogP contribution in [0.5, 0.6) is 0 Å². The van der Waals surface area contributed by atoms with E-state index in [0.29, 0.717) is 4.91 Å². The number of amides is 1. The van der Waals surface area contributed by atoms with Gasteiger partial charge in [-0.3, -0.25) is 9.69 Å². The van der Waals surface area contributed by atoms with Crippen LogP contribution < -0.4 is 0 Å². The highest BCUT2D eigenvalue weighted by Gasteiger charge is 2.34. The third-order valence-electron chi connectivity index (χ3n) is 3.32. The molecule has 2 heterocycles. The van der Waals surface area contributed by atoms with Crippen molar-refractivity contribution < 1.29 is 13.2 Å². The van der Waals surface area contributed by atoms with E-state index in [2.05, 4.69) is 26.9 Å². The largest absolute Gasteiger partial charge is 0.294 e. The number of hydrogen-bond donors (Lipinski definition) is 0. The number of halogens is 1. The number of hydrogen-bond acceptors (Lipinski definition) is 5. The Labute approximate surface area is 168 Å². The van der Waals surface area contributed by atoms with Crippen LogP contribution in [0.2, 0.25) is 0 Å². The molecule has 1 aliphatic rings. The molecule has 26 heavy (non-hydrogen) atoms. The highest BCUT2D eigenvalue weighted by atomic mass is 79.9. The second kappa shape index (κ2) is 7.91. The SMILES string of the molecule is C=CCN1C(=O)/C(=C/c2ccc(Br)cc2)S/C1=N/S(=O)(=O)c1cccs1. The van der Waals surface area contributed by atoms with Gasteiger partial charge in [0.25, 0.3) is 15.9 Å². The summed E-state index contributed by atoms with van der Waals surface area (Å²) in [6, 6.07) is 10.6. The highest BCUT2D eigenvalue weighted by molar-refractivity contribution is 9.10. The number of thioether (sulfide) groups is 1. The smallest absolute Gasteiger partial charge is 0.282 e. The summed E-state index contributed by atoms with van der Waals surface area (Å²) in [6.07, 6.45) is 3.25. The van der Waals surface area contributed by atoms with E-state index in [0.717, 1.165) is 33.1 Å². The third kappa shape index (κ3) is 4.17. The summed E-state index contributed by atoms with van der Waals surface area (Å²) < 4.78 is 29.8. The first-order valence-electron chi connectivity index (χ1n) is 7.37. The summed E-state index contributed by atoms with van der Waals surface area (Å²) in [5.41, 5.74) is 0.838. The standard InChI is InChI=1S/C17H13BrN2O3S3/c1-2-9-20-16(21)14(11-12-5-7-13(18)8-6-12)25-17(20)19-26(22,23)15-4-3-10-24-15/h2-8,10-11H,1,9H2/b14-11-,19-17+. The van der Waals surface area contributed by atoms with Crippen LogP contribution in [0.15, 0.2) is 72.4 Å². The van der Waals surface area contributed by atoms with Crippen molar-refractivity contribution >= 4 is 66.2 Å². The highest BCUT2D eigenvalue weighted by Crippen LogP contribution is 2.34. The predicted octanol–water partition coefficient (Wildman–Crippen LogP) is 4.36. The van der Waals surface area contributed by atoms with Gasteiger partial charge in [-0.25, -0.2) is 0 Å². The second-order valence-electron chi connectivity index (χ2n) is 5.15. The van der Waals surface area contributed by atoms with Crippen molar-refractivity contribution in [3.05, 3.63) is 69.4 Å². The molecule has 1 aromatic heterocycles. The molecule has 0 spiro atoms. The van der Waals surface area contributed by atoms with Crippen LogP contribution in [-0.4, -0.2) is 30.9 Å². The van der Waals surface area contributed by atoms with E-state index in [1.54, 1.807) is 17.5 Å². The van der Waals surface area contributed by atoms with Gasteiger partial charge in [-0.05, 0) is 47.0 Å². The molecule has 3 rings (SSSR count). The van der Waals surface area contributed by atoms with Gasteiger partial charge >= 0.3 is 0 Å². The van der Waals surface area contributed by atoms with Crippen LogP contribution in [0.25, 0.3) is 6.08 Å². The Morgan fingerprint density at radius 3 is 2.58 bits per heavy atom. The molecular weight excluding hydrogens is 456 g/mol. The minimum absolute atomic E-state index is 0.131. The van der Waals surface area contributed by atoms with E-state index < -0.39 is 10.0 Å². The zero-order valence-corrected chi connectivity index (χ0v) is 17.4. The molecule has 0 N–H and O–H groups in total. The van der Waals surface area contributed by atoms with Crippen molar-refractivity contribution in [1.29, 1.82) is 0 Å². The second-order valence-corrected chi connectivity index (χ2v) is 9.85. The molecule has 0 saturated carbocycles. The molecular formula is C17H13BrN2O3S3. The molecule has 1 fully saturated rings. The van der Waals surface area contributed by atoms with E-state index in [4.69, 9.17) is 0 Å². The first-order chi connectivity index (χ1) is 12.4. The number of carbonyl (C=O) groups excluding carboxylic acids is 1. The van der Waals surface area contributed by atoms with E-state index in [1.165, 1.54) is 17.0 Å². The van der Waals surface area contributed by atoms with E-state index in [9.17, 15) is 13.2 Å². The molecule has 1 amide bonds. The number of rotatable bonds is 5. The molecule has 1 saturated heterocycles. The number of benzene rings is 1. The number of sulfonamides is 1. The maximum Gasteiger partial charge on any atom is 0.294 e. The van der Waals surface area contributed by atoms with Crippen LogP contribution in [0.1, 0.15) is 5.56 Å². The van der Waals surface area contributed by atoms with Crippen LogP contribution in [-0.2, 0) is 14.8 Å². The molecule has 0 unspecified atom stereocenters. The lowest BCUT2D eigenvalue weighted by atomic mass is 10.2. The predicted molar refractivity (Wildman–Crippen MR) is 111 cm³/mol. The Morgan fingerprint density at radius 2 is 1.96 bits per heavy atom. The molecule has 2 aromatic rings. The molecule has 0 aliphatic carbocycles. The van der Waals surface area contributed by atoms with Gasteiger partial charge in [-0.1, -0.05) is 40.2 Å². The summed E-state index contributed by atoms with van der Waals surface area (Å²) in [7, 11) is -3.85. The summed E-state index contributed by atoms with van der Waals surface area (Å²) in [4.78, 5) is 14.4. The van der Waals surface area contributed by atoms with Crippen LogP contribution >= 0.6 is 39.0 Å². The number of carbonyl (C=O) groups is 1. The van der Waals surface area contributed by atoms with Crippen molar-refractivity contribution in [2.45, 2.75) is 4.21 Å². The Hall–Kier alpha value is -1.68. The van der Waals surface area contributed by atoms with Crippen LogP contribution in [0.4, 0.5) is 0 Å². The normalized spacial score (nSPS) is 18.0. The van der Waals surface area contributed by atoms with Crippen molar-refractivity contribution in [2.75, 3.05) is 6.54 Å². The maximum atomic E-state index is 12.7. The first kappa shape index (κ1) is 19.1. The van der Waals surface area contributed by atoms with E-state index in [-0.39, 0.29) is 21.8 Å². The Balaban J connectivity index is 1.98. The van der Waals surface area contributed by atoms with Gasteiger partial charge in [0, 0.05) is 11.0 Å². The van der Waals surface area contributed by atoms with E-state index >= 15 is 0 Å². The van der Waals surface area contributed by atoms with Gasteiger partial charge < -0.3 is 0 Å². The molecule has 0 bridgehead atoms. The summed E-state index contributed by atoms with van der Waals surface area (Å²) in [6.45, 7) is 3.81. The molecule has 9 heteroatoms. The number of nitrogens with zero attached hydrogens (tertiary/aromatic N) is 2. The molecule has 1 aromatic carbocycles. The average molecular weight is 469 g/mol. The fourth-order valence-corrected chi connectivity index (χ4v) is 5.56. The number of thiophene rings is 1. The zero-order valence-electron chi connectivity index (χ0n) is 13.3. The van der Waals surface area contributed by atoms with Gasteiger partial charge in [0.05, 0.1) is 4.91 Å². The van der Waals surface area contributed by atoms with Gasteiger partial charge in [0.2, 0.25) is 0 Å². The van der Waals surface area contributed by atoms with Crippen LogP contribution in [0, 0.1) is 0 Å². The van der Waals surface area contributed by atoms with Crippen molar-refractivity contribution in [3.63, 3.8) is 0 Å². The summed E-state index contributed by atoms with van der Waals surface area (Å²) in [5, 5.41) is 1.80. The average Bonchev–Trinajstić information content (AvgIpc) is 3.23. The first-order valence-corrected chi connectivity index (χ1v) is 11.3. The van der Waals surface area contributed by atoms with Crippen molar-refractivity contribution in [3.8, 4) is 0 Å². The van der Waals surface area contributed by atoms with Gasteiger partial charge in [0.1, 0.15) is 4.21 Å². The van der Waals surface area contributed by atoms with Crippen LogP contribution in [0.3, 0.4) is 0 Å². The Kier molecular flexibility index (Phi) is 5.81. The summed E-state index contributed by atoms with van der Waals surface area (Å²) in [5.74, 6) is -0.294. The topological polar surface area (TPSA) is 66.8 Å². The van der Waals surface area contributed by atoms with E-state index in [1.807, 2.05) is 24.3 Å². The lowest BCUT2D eigenvalue weighted by molar-refractivity contribution is -0.121. The lowest BCUT2D eigenvalue weighted by Gasteiger charge is -2.12. The van der Waals surface area contributed by atoms with Gasteiger partial charge in [0.15, 0.2) is 5.17 Å². The minimum Gasteiger partial charge on any atom is -0.282 e. The lowest BCUT2D eigenvalue weighted by Crippen LogP contribution is -2.29. The molecule has 0 atom stereocenters. The van der Waals surface area contributed by atoms with Crippen molar-refractivity contribution in [2.24, 2.45) is 4.40 Å². The van der Waals surface area contributed by atoms with Gasteiger partial charge in [-0.15, -0.1) is 22.3 Å². The maximum absolute atomic E-state index is 12.7. The monoisotopic (exact) mass is 468 g/mol. The molecule has 1 aliphatic heterocycles. The quantitative estimate of drug-likeness (QED) is 0.482. The molecule has 5 nitrogen and oxygen atoms in total. The fourth-order valence-electron chi connectivity index (χ4n) is 2.13. The zero-order chi connectivity index (χ0) is 18.7. The Bertz CT molecular complexity index is 994. The van der Waals surface area contributed by atoms with Gasteiger partial charge in [-0.2, -0.15) is 8.42 Å². The molecule has 0 radical (unpaired) electrons. The third-order valence-corrected chi connectivity index (χ3v) is 7.61. The number of amidine groups is 1.